The highest BCUT2D eigenvalue weighted by molar-refractivity contribution is 5.10. The van der Waals surface area contributed by atoms with Gasteiger partial charge >= 0.3 is 0 Å². The maximum Gasteiger partial charge on any atom is 0.223 e. The molecule has 0 bridgehead atoms. The van der Waals surface area contributed by atoms with Crippen LogP contribution in [0.15, 0.2) is 4.52 Å². The van der Waals surface area contributed by atoms with Crippen molar-refractivity contribution in [1.82, 2.24) is 15.5 Å². The van der Waals surface area contributed by atoms with Crippen LogP contribution in [0.4, 0.5) is 0 Å². The molecule has 2 aliphatic carbocycles. The Labute approximate surface area is 95.8 Å². The van der Waals surface area contributed by atoms with Crippen LogP contribution in [0, 0.1) is 12.8 Å². The van der Waals surface area contributed by atoms with Crippen molar-refractivity contribution in [3.63, 3.8) is 0 Å². The molecule has 0 saturated heterocycles. The van der Waals surface area contributed by atoms with Gasteiger partial charge in [-0.1, -0.05) is 11.6 Å². The zero-order valence-corrected chi connectivity index (χ0v) is 9.83. The Balaban J connectivity index is 1.67. The largest absolute Gasteiger partial charge is 0.340 e. The standard InChI is InChI=1S/C12H19N3O/c1-9-14-11(15-16-9)12(6-3-7-12)13-8-10-4-2-5-10/h10,13H,2-8H2,1H3. The van der Waals surface area contributed by atoms with E-state index in [0.29, 0.717) is 5.89 Å². The lowest BCUT2D eigenvalue weighted by Crippen LogP contribution is -2.51. The molecule has 2 saturated carbocycles. The number of rotatable bonds is 4. The smallest absolute Gasteiger partial charge is 0.223 e. The molecule has 0 atom stereocenters. The molecule has 1 aromatic rings. The van der Waals surface area contributed by atoms with Crippen molar-refractivity contribution in [3.8, 4) is 0 Å². The second kappa shape index (κ2) is 3.84. The summed E-state index contributed by atoms with van der Waals surface area (Å²) in [5.74, 6) is 2.42. The molecule has 88 valence electrons. The van der Waals surface area contributed by atoms with Gasteiger partial charge in [0, 0.05) is 6.92 Å². The lowest BCUT2D eigenvalue weighted by molar-refractivity contribution is 0.145. The molecule has 1 heterocycles. The van der Waals surface area contributed by atoms with Crippen LogP contribution in [0.25, 0.3) is 0 Å². The Hall–Kier alpha value is -0.900. The van der Waals surface area contributed by atoms with Crippen LogP contribution in [-0.4, -0.2) is 16.7 Å². The van der Waals surface area contributed by atoms with Crippen molar-refractivity contribution in [1.29, 1.82) is 0 Å². The Morgan fingerprint density at radius 2 is 2.19 bits per heavy atom. The predicted molar refractivity (Wildman–Crippen MR) is 59.9 cm³/mol. The minimum atomic E-state index is 0.0351. The summed E-state index contributed by atoms with van der Waals surface area (Å²) in [7, 11) is 0. The third-order valence-corrected chi connectivity index (χ3v) is 4.12. The van der Waals surface area contributed by atoms with Crippen LogP contribution in [0.2, 0.25) is 0 Å². The SMILES string of the molecule is Cc1nc(C2(NCC3CCC3)CCC2)no1. The van der Waals surface area contributed by atoms with Gasteiger partial charge in [0.05, 0.1) is 5.54 Å². The first-order valence-corrected chi connectivity index (χ1v) is 6.34. The van der Waals surface area contributed by atoms with E-state index in [-0.39, 0.29) is 5.54 Å². The van der Waals surface area contributed by atoms with E-state index in [4.69, 9.17) is 4.52 Å². The van der Waals surface area contributed by atoms with E-state index in [0.717, 1.165) is 31.1 Å². The summed E-state index contributed by atoms with van der Waals surface area (Å²) in [4.78, 5) is 4.39. The van der Waals surface area contributed by atoms with Gasteiger partial charge in [-0.3, -0.25) is 0 Å². The van der Waals surface area contributed by atoms with E-state index in [1.165, 1.54) is 25.7 Å². The molecule has 2 fully saturated rings. The molecular formula is C12H19N3O. The third-order valence-electron chi connectivity index (χ3n) is 4.12. The Kier molecular flexibility index (Phi) is 2.46. The highest BCUT2D eigenvalue weighted by atomic mass is 16.5. The highest BCUT2D eigenvalue weighted by Crippen LogP contribution is 2.40. The molecule has 16 heavy (non-hydrogen) atoms. The normalized spacial score (nSPS) is 23.8. The zero-order valence-electron chi connectivity index (χ0n) is 9.83. The van der Waals surface area contributed by atoms with Crippen LogP contribution >= 0.6 is 0 Å². The number of aryl methyl sites for hydroxylation is 1. The van der Waals surface area contributed by atoms with Gasteiger partial charge in [0.2, 0.25) is 5.89 Å². The summed E-state index contributed by atoms with van der Waals surface area (Å²) in [6, 6.07) is 0. The van der Waals surface area contributed by atoms with Crippen molar-refractivity contribution in [2.24, 2.45) is 5.92 Å². The van der Waals surface area contributed by atoms with Crippen LogP contribution in [0.1, 0.15) is 50.2 Å². The van der Waals surface area contributed by atoms with Crippen molar-refractivity contribution in [2.75, 3.05) is 6.54 Å². The van der Waals surface area contributed by atoms with Gasteiger partial charge in [-0.25, -0.2) is 0 Å². The summed E-state index contributed by atoms with van der Waals surface area (Å²) < 4.78 is 5.09. The molecule has 0 spiro atoms. The van der Waals surface area contributed by atoms with Crippen LogP contribution in [-0.2, 0) is 5.54 Å². The molecule has 0 amide bonds. The average molecular weight is 221 g/mol. The first kappa shape index (κ1) is 10.3. The maximum absolute atomic E-state index is 5.09. The maximum atomic E-state index is 5.09. The molecule has 4 nitrogen and oxygen atoms in total. The molecule has 0 aliphatic heterocycles. The van der Waals surface area contributed by atoms with E-state index >= 15 is 0 Å². The number of hydrogen-bond acceptors (Lipinski definition) is 4. The van der Waals surface area contributed by atoms with Gasteiger partial charge in [-0.15, -0.1) is 0 Å². The fourth-order valence-corrected chi connectivity index (χ4v) is 2.54. The summed E-state index contributed by atoms with van der Waals surface area (Å²) in [5, 5.41) is 7.76. The summed E-state index contributed by atoms with van der Waals surface area (Å²) in [6.45, 7) is 2.97. The van der Waals surface area contributed by atoms with Gasteiger partial charge in [0.15, 0.2) is 5.82 Å². The molecule has 1 N–H and O–H groups in total. The average Bonchev–Trinajstić information content (AvgIpc) is 2.54. The van der Waals surface area contributed by atoms with E-state index in [2.05, 4.69) is 15.5 Å². The zero-order chi connectivity index (χ0) is 11.0. The van der Waals surface area contributed by atoms with Crippen molar-refractivity contribution in [3.05, 3.63) is 11.7 Å². The van der Waals surface area contributed by atoms with Crippen LogP contribution in [0.5, 0.6) is 0 Å². The van der Waals surface area contributed by atoms with Gasteiger partial charge in [-0.2, -0.15) is 4.98 Å². The molecule has 0 radical (unpaired) electrons. The second-order valence-corrected chi connectivity index (χ2v) is 5.25. The molecule has 0 unspecified atom stereocenters. The molecule has 1 aromatic heterocycles. The van der Waals surface area contributed by atoms with E-state index in [9.17, 15) is 0 Å². The molecule has 2 aliphatic rings. The second-order valence-electron chi connectivity index (χ2n) is 5.25. The number of nitrogens with one attached hydrogen (secondary N) is 1. The topological polar surface area (TPSA) is 51.0 Å². The van der Waals surface area contributed by atoms with Crippen molar-refractivity contribution in [2.45, 2.75) is 51.0 Å². The first-order valence-electron chi connectivity index (χ1n) is 6.34. The Morgan fingerprint density at radius 3 is 2.62 bits per heavy atom. The van der Waals surface area contributed by atoms with Gasteiger partial charge in [0.25, 0.3) is 0 Å². The first-order chi connectivity index (χ1) is 7.78. The lowest BCUT2D eigenvalue weighted by Gasteiger charge is -2.42. The highest BCUT2D eigenvalue weighted by Gasteiger charge is 2.42. The quantitative estimate of drug-likeness (QED) is 0.846. The summed E-state index contributed by atoms with van der Waals surface area (Å²) >= 11 is 0. The third kappa shape index (κ3) is 1.65. The molecule has 0 aromatic carbocycles. The van der Waals surface area contributed by atoms with Crippen LogP contribution in [0.3, 0.4) is 0 Å². The molecule has 4 heteroatoms. The molecule has 3 rings (SSSR count). The fraction of sp³-hybridized carbons (Fsp3) is 0.833. The van der Waals surface area contributed by atoms with Gasteiger partial charge in [0.1, 0.15) is 0 Å². The Morgan fingerprint density at radius 1 is 1.38 bits per heavy atom. The molecular weight excluding hydrogens is 202 g/mol. The number of hydrogen-bond donors (Lipinski definition) is 1. The van der Waals surface area contributed by atoms with Gasteiger partial charge in [-0.05, 0) is 44.6 Å². The summed E-state index contributed by atoms with van der Waals surface area (Å²) in [6.07, 6.45) is 7.74. The summed E-state index contributed by atoms with van der Waals surface area (Å²) in [5.41, 5.74) is 0.0351. The minimum Gasteiger partial charge on any atom is -0.340 e. The number of aromatic nitrogens is 2. The van der Waals surface area contributed by atoms with E-state index < -0.39 is 0 Å². The van der Waals surface area contributed by atoms with Crippen molar-refractivity contribution < 1.29 is 4.52 Å². The monoisotopic (exact) mass is 221 g/mol. The predicted octanol–water partition coefficient (Wildman–Crippen LogP) is 2.15. The Bertz CT molecular complexity index is 366. The number of nitrogens with zero attached hydrogens (tertiary/aromatic N) is 2. The van der Waals surface area contributed by atoms with Crippen LogP contribution < -0.4 is 5.32 Å². The minimum absolute atomic E-state index is 0.0351. The van der Waals surface area contributed by atoms with Crippen molar-refractivity contribution >= 4 is 0 Å². The van der Waals surface area contributed by atoms with Gasteiger partial charge < -0.3 is 9.84 Å². The van der Waals surface area contributed by atoms with E-state index in [1.807, 2.05) is 6.92 Å². The fourth-order valence-electron chi connectivity index (χ4n) is 2.54. The van der Waals surface area contributed by atoms with E-state index in [1.54, 1.807) is 0 Å². The lowest BCUT2D eigenvalue weighted by atomic mass is 9.75.